The molecular formula is C22H27ClN2O. The lowest BCUT2D eigenvalue weighted by molar-refractivity contribution is -0.119. The second kappa shape index (κ2) is 8.70. The van der Waals surface area contributed by atoms with Crippen LogP contribution in [0.15, 0.2) is 48.5 Å². The smallest absolute Gasteiger partial charge is 0.226 e. The minimum absolute atomic E-state index is 0.207. The molecule has 2 aromatic rings. The Hall–Kier alpha value is -1.84. The molecule has 3 nitrogen and oxygen atoms in total. The Morgan fingerprint density at radius 1 is 1.12 bits per heavy atom. The van der Waals surface area contributed by atoms with Gasteiger partial charge in [-0.2, -0.15) is 0 Å². The Bertz CT molecular complexity index is 736. The number of rotatable bonds is 5. The van der Waals surface area contributed by atoms with Crippen molar-refractivity contribution in [3.8, 4) is 0 Å². The number of nitrogens with zero attached hydrogens (tertiary/aromatic N) is 2. The van der Waals surface area contributed by atoms with Crippen LogP contribution in [-0.2, 0) is 11.3 Å². The van der Waals surface area contributed by atoms with E-state index in [-0.39, 0.29) is 11.9 Å². The zero-order chi connectivity index (χ0) is 18.5. The van der Waals surface area contributed by atoms with Gasteiger partial charge in [0.1, 0.15) is 0 Å². The number of benzene rings is 2. The van der Waals surface area contributed by atoms with Crippen molar-refractivity contribution in [3.05, 3.63) is 64.7 Å². The Balaban J connectivity index is 1.67. The highest BCUT2D eigenvalue weighted by molar-refractivity contribution is 6.31. The summed E-state index contributed by atoms with van der Waals surface area (Å²) in [4.78, 5) is 17.1. The van der Waals surface area contributed by atoms with E-state index in [4.69, 9.17) is 11.6 Å². The molecule has 0 N–H and O–H groups in total. The number of amides is 1. The molecule has 1 heterocycles. The van der Waals surface area contributed by atoms with Crippen LogP contribution >= 0.6 is 11.6 Å². The van der Waals surface area contributed by atoms with E-state index in [1.807, 2.05) is 30.0 Å². The zero-order valence-corrected chi connectivity index (χ0v) is 16.4. The largest absolute Gasteiger partial charge is 0.309 e. The molecule has 0 aliphatic carbocycles. The maximum absolute atomic E-state index is 12.6. The van der Waals surface area contributed by atoms with Crippen molar-refractivity contribution in [2.24, 2.45) is 0 Å². The first kappa shape index (κ1) is 18.9. The highest BCUT2D eigenvalue weighted by atomic mass is 35.5. The van der Waals surface area contributed by atoms with E-state index in [1.54, 1.807) is 0 Å². The topological polar surface area (TPSA) is 23.6 Å². The molecule has 0 saturated carbocycles. The third kappa shape index (κ3) is 4.46. The molecule has 0 radical (unpaired) electrons. The highest BCUT2D eigenvalue weighted by Crippen LogP contribution is 2.26. The number of piperidine rings is 1. The Kier molecular flexibility index (Phi) is 6.33. The number of aryl methyl sites for hydroxylation is 1. The number of anilines is 1. The predicted molar refractivity (Wildman–Crippen MR) is 109 cm³/mol. The van der Waals surface area contributed by atoms with Gasteiger partial charge in [-0.1, -0.05) is 54.4 Å². The number of likely N-dealkylation sites (tertiary alicyclic amines) is 1. The van der Waals surface area contributed by atoms with Gasteiger partial charge in [-0.3, -0.25) is 9.69 Å². The number of hydrogen-bond acceptors (Lipinski definition) is 2. The van der Waals surface area contributed by atoms with Crippen molar-refractivity contribution >= 4 is 23.2 Å². The van der Waals surface area contributed by atoms with Gasteiger partial charge >= 0.3 is 0 Å². The Labute approximate surface area is 161 Å². The van der Waals surface area contributed by atoms with Gasteiger partial charge in [0, 0.05) is 42.8 Å². The van der Waals surface area contributed by atoms with E-state index in [0.717, 1.165) is 43.2 Å². The summed E-state index contributed by atoms with van der Waals surface area (Å²) >= 11 is 6.30. The zero-order valence-electron chi connectivity index (χ0n) is 15.6. The molecule has 0 aromatic heterocycles. The van der Waals surface area contributed by atoms with Crippen molar-refractivity contribution in [2.75, 3.05) is 18.0 Å². The highest BCUT2D eigenvalue weighted by Gasteiger charge is 2.28. The van der Waals surface area contributed by atoms with E-state index in [0.29, 0.717) is 6.42 Å². The minimum atomic E-state index is 0.207. The van der Waals surface area contributed by atoms with Crippen molar-refractivity contribution in [2.45, 2.75) is 45.7 Å². The summed E-state index contributed by atoms with van der Waals surface area (Å²) in [5, 5.41) is 0.831. The molecule has 0 spiro atoms. The van der Waals surface area contributed by atoms with Crippen LogP contribution in [-0.4, -0.2) is 29.9 Å². The third-order valence-corrected chi connectivity index (χ3v) is 5.53. The third-order valence-electron chi connectivity index (χ3n) is 5.16. The molecule has 1 saturated heterocycles. The standard InChI is InChI=1S/C22H27ClN2O/c1-3-22(26)25(19-10-8-17(2)9-11-19)20-12-14-24(15-13-20)16-18-6-4-5-7-21(18)23/h4-11,20H,3,12-16H2,1-2H3. The van der Waals surface area contributed by atoms with Crippen molar-refractivity contribution in [3.63, 3.8) is 0 Å². The molecule has 1 amide bonds. The maximum atomic E-state index is 12.6. The van der Waals surface area contributed by atoms with Crippen LogP contribution in [0.3, 0.4) is 0 Å². The molecule has 3 rings (SSSR count). The molecule has 1 aliphatic heterocycles. The quantitative estimate of drug-likeness (QED) is 0.734. The summed E-state index contributed by atoms with van der Waals surface area (Å²) in [6.07, 6.45) is 2.52. The molecule has 0 unspecified atom stereocenters. The number of halogens is 1. The first-order chi connectivity index (χ1) is 12.6. The first-order valence-electron chi connectivity index (χ1n) is 9.43. The van der Waals surface area contributed by atoms with Gasteiger partial charge < -0.3 is 4.90 Å². The summed E-state index contributed by atoms with van der Waals surface area (Å²) < 4.78 is 0. The molecule has 26 heavy (non-hydrogen) atoms. The fourth-order valence-electron chi connectivity index (χ4n) is 3.64. The van der Waals surface area contributed by atoms with Gasteiger partial charge in [0.05, 0.1) is 0 Å². The van der Waals surface area contributed by atoms with Crippen molar-refractivity contribution in [1.82, 2.24) is 4.90 Å². The normalized spacial score (nSPS) is 15.8. The van der Waals surface area contributed by atoms with E-state index in [2.05, 4.69) is 42.2 Å². The molecule has 2 aromatic carbocycles. The average Bonchev–Trinajstić information content (AvgIpc) is 2.66. The second-order valence-corrected chi connectivity index (χ2v) is 7.46. The van der Waals surface area contributed by atoms with Gasteiger partial charge in [-0.05, 0) is 43.5 Å². The molecular weight excluding hydrogens is 344 g/mol. The van der Waals surface area contributed by atoms with Crippen LogP contribution in [0.4, 0.5) is 5.69 Å². The van der Waals surface area contributed by atoms with Gasteiger partial charge in [0.25, 0.3) is 0 Å². The number of hydrogen-bond donors (Lipinski definition) is 0. The maximum Gasteiger partial charge on any atom is 0.226 e. The van der Waals surface area contributed by atoms with E-state index in [9.17, 15) is 4.79 Å². The van der Waals surface area contributed by atoms with Crippen LogP contribution in [0.5, 0.6) is 0 Å². The molecule has 0 bridgehead atoms. The fraction of sp³-hybridized carbons (Fsp3) is 0.409. The van der Waals surface area contributed by atoms with Gasteiger partial charge in [0.15, 0.2) is 0 Å². The summed E-state index contributed by atoms with van der Waals surface area (Å²) in [7, 11) is 0. The van der Waals surface area contributed by atoms with Crippen molar-refractivity contribution in [1.29, 1.82) is 0 Å². The van der Waals surface area contributed by atoms with Crippen LogP contribution in [0.2, 0.25) is 5.02 Å². The summed E-state index contributed by atoms with van der Waals surface area (Å²) in [6.45, 7) is 6.85. The van der Waals surface area contributed by atoms with E-state index >= 15 is 0 Å². The molecule has 0 atom stereocenters. The number of carbonyl (C=O) groups is 1. The lowest BCUT2D eigenvalue weighted by Crippen LogP contribution is -2.47. The summed E-state index contributed by atoms with van der Waals surface area (Å²) in [5.41, 5.74) is 3.41. The predicted octanol–water partition coefficient (Wildman–Crippen LogP) is 5.06. The monoisotopic (exact) mass is 370 g/mol. The summed E-state index contributed by atoms with van der Waals surface area (Å²) in [6, 6.07) is 16.6. The van der Waals surface area contributed by atoms with Crippen LogP contribution < -0.4 is 4.90 Å². The number of carbonyl (C=O) groups excluding carboxylic acids is 1. The minimum Gasteiger partial charge on any atom is -0.309 e. The second-order valence-electron chi connectivity index (χ2n) is 7.05. The van der Waals surface area contributed by atoms with Gasteiger partial charge in [-0.15, -0.1) is 0 Å². The van der Waals surface area contributed by atoms with Gasteiger partial charge in [-0.25, -0.2) is 0 Å². The van der Waals surface area contributed by atoms with Crippen molar-refractivity contribution < 1.29 is 4.79 Å². The van der Waals surface area contributed by atoms with Crippen LogP contribution in [0.1, 0.15) is 37.3 Å². The molecule has 138 valence electrons. The molecule has 4 heteroatoms. The SMILES string of the molecule is CCC(=O)N(c1ccc(C)cc1)C1CCN(Cc2ccccc2Cl)CC1. The Morgan fingerprint density at radius 2 is 1.77 bits per heavy atom. The lowest BCUT2D eigenvalue weighted by atomic mass is 10.0. The summed E-state index contributed by atoms with van der Waals surface area (Å²) in [5.74, 6) is 0.207. The Morgan fingerprint density at radius 3 is 2.38 bits per heavy atom. The first-order valence-corrected chi connectivity index (χ1v) is 9.80. The van der Waals surface area contributed by atoms with E-state index < -0.39 is 0 Å². The average molecular weight is 371 g/mol. The lowest BCUT2D eigenvalue weighted by Gasteiger charge is -2.38. The fourth-order valence-corrected chi connectivity index (χ4v) is 3.83. The van der Waals surface area contributed by atoms with Crippen LogP contribution in [0, 0.1) is 6.92 Å². The molecule has 1 aliphatic rings. The van der Waals surface area contributed by atoms with E-state index in [1.165, 1.54) is 11.1 Å². The van der Waals surface area contributed by atoms with Crippen LogP contribution in [0.25, 0.3) is 0 Å². The van der Waals surface area contributed by atoms with Gasteiger partial charge in [0.2, 0.25) is 5.91 Å². The molecule has 1 fully saturated rings.